The topological polar surface area (TPSA) is 162 Å². The van der Waals surface area contributed by atoms with Crippen molar-refractivity contribution in [3.63, 3.8) is 0 Å². The number of nitrogens with one attached hydrogen (secondary N) is 2. The minimum Gasteiger partial charge on any atom is -0.371 e. The summed E-state index contributed by atoms with van der Waals surface area (Å²) in [5.41, 5.74) is 1.55. The molecule has 5 fully saturated rings. The third-order valence-corrected chi connectivity index (χ3v) is 13.8. The van der Waals surface area contributed by atoms with Crippen molar-refractivity contribution >= 4 is 52.4 Å². The number of aromatic nitrogens is 1. The average Bonchev–Trinajstić information content (AvgIpc) is 3.92. The maximum absolute atomic E-state index is 13.5. The Hall–Kier alpha value is -6.02. The van der Waals surface area contributed by atoms with Gasteiger partial charge in [-0.1, -0.05) is 0 Å². The minimum atomic E-state index is -4.62. The number of nitrogens with zero attached hydrogens (tertiary/aromatic N) is 7. The highest BCUT2D eigenvalue weighted by Crippen LogP contribution is 2.38. The van der Waals surface area contributed by atoms with Gasteiger partial charge in [-0.25, -0.2) is 4.98 Å². The molecule has 5 amide bonds. The van der Waals surface area contributed by atoms with Gasteiger partial charge in [0.25, 0.3) is 11.8 Å². The van der Waals surface area contributed by atoms with E-state index >= 15 is 0 Å². The normalized spacial score (nSPS) is 23.7. The number of rotatable bonds is 9. The molecule has 0 saturated carbocycles. The van der Waals surface area contributed by atoms with E-state index in [1.54, 1.807) is 24.4 Å². The fraction of sp³-hybridized carbons (Fsp3) is 0.489. The molecule has 0 radical (unpaired) electrons. The van der Waals surface area contributed by atoms with Crippen LogP contribution in [0.3, 0.4) is 0 Å². The lowest BCUT2D eigenvalue weighted by Crippen LogP contribution is -2.54. The first-order valence-electron chi connectivity index (χ1n) is 21.5. The van der Waals surface area contributed by atoms with Crippen LogP contribution >= 0.6 is 0 Å². The molecule has 62 heavy (non-hydrogen) atoms. The number of nitriles is 1. The van der Waals surface area contributed by atoms with Crippen molar-refractivity contribution in [2.24, 2.45) is 23.7 Å². The maximum Gasteiger partial charge on any atom is 0.417 e. The Kier molecular flexibility index (Phi) is 11.1. The van der Waals surface area contributed by atoms with Crippen LogP contribution in [0.2, 0.25) is 0 Å². The monoisotopic (exact) mass is 851 g/mol. The van der Waals surface area contributed by atoms with E-state index in [0.717, 1.165) is 87.4 Å². The fourth-order valence-electron chi connectivity index (χ4n) is 10.3. The summed E-state index contributed by atoms with van der Waals surface area (Å²) in [6, 6.07) is 13.5. The predicted octanol–water partition coefficient (Wildman–Crippen LogP) is 4.90. The zero-order valence-corrected chi connectivity index (χ0v) is 34.2. The van der Waals surface area contributed by atoms with Crippen molar-refractivity contribution < 1.29 is 37.1 Å². The van der Waals surface area contributed by atoms with Crippen LogP contribution in [0.25, 0.3) is 0 Å². The molecule has 324 valence electrons. The molecule has 3 atom stereocenters. The number of imide groups is 2. The summed E-state index contributed by atoms with van der Waals surface area (Å²) in [7, 11) is 0. The molecule has 14 nitrogen and oxygen atoms in total. The van der Waals surface area contributed by atoms with Gasteiger partial charge < -0.3 is 24.9 Å². The second-order valence-corrected chi connectivity index (χ2v) is 17.6. The summed E-state index contributed by atoms with van der Waals surface area (Å²) < 4.78 is 40.4. The Morgan fingerprint density at radius 3 is 2.10 bits per heavy atom. The Morgan fingerprint density at radius 2 is 1.44 bits per heavy atom. The largest absolute Gasteiger partial charge is 0.417 e. The van der Waals surface area contributed by atoms with E-state index in [1.807, 2.05) is 23.1 Å². The second kappa shape index (κ2) is 16.7. The van der Waals surface area contributed by atoms with Gasteiger partial charge in [0.1, 0.15) is 11.9 Å². The summed E-state index contributed by atoms with van der Waals surface area (Å²) in [6.45, 7) is 7.60. The van der Waals surface area contributed by atoms with Crippen LogP contribution in [0.5, 0.6) is 0 Å². The van der Waals surface area contributed by atoms with Crippen LogP contribution in [0.15, 0.2) is 54.7 Å². The number of amides is 5. The van der Waals surface area contributed by atoms with Crippen LogP contribution < -0.4 is 25.3 Å². The van der Waals surface area contributed by atoms with Gasteiger partial charge in [-0.3, -0.25) is 34.2 Å². The predicted molar refractivity (Wildman–Crippen MR) is 222 cm³/mol. The first-order chi connectivity index (χ1) is 29.8. The molecule has 0 bridgehead atoms. The Balaban J connectivity index is 0.689. The summed E-state index contributed by atoms with van der Waals surface area (Å²) in [5, 5.41) is 14.3. The van der Waals surface area contributed by atoms with Crippen LogP contribution in [0.4, 0.5) is 36.1 Å². The molecule has 3 aromatic rings. The highest BCUT2D eigenvalue weighted by atomic mass is 19.4. The summed E-state index contributed by atoms with van der Waals surface area (Å²) in [5.74, 6) is -0.282. The van der Waals surface area contributed by atoms with Crippen LogP contribution in [0, 0.1) is 35.0 Å². The zero-order chi connectivity index (χ0) is 43.3. The maximum atomic E-state index is 13.5. The van der Waals surface area contributed by atoms with Crippen LogP contribution in [-0.4, -0.2) is 109 Å². The van der Waals surface area contributed by atoms with Crippen LogP contribution in [0.1, 0.15) is 76.8 Å². The van der Waals surface area contributed by atoms with E-state index in [2.05, 4.69) is 30.3 Å². The van der Waals surface area contributed by atoms with Gasteiger partial charge in [0.15, 0.2) is 0 Å². The van der Waals surface area contributed by atoms with Gasteiger partial charge >= 0.3 is 6.18 Å². The number of benzene rings is 2. The van der Waals surface area contributed by atoms with Crippen LogP contribution in [-0.2, 0) is 20.6 Å². The van der Waals surface area contributed by atoms with Crippen molar-refractivity contribution in [1.82, 2.24) is 20.1 Å². The van der Waals surface area contributed by atoms with Crippen molar-refractivity contribution in [1.29, 1.82) is 5.26 Å². The first-order valence-corrected chi connectivity index (χ1v) is 21.5. The standard InChI is InChI=1S/C45H48F3N9O5/c46-45(47,48)37-20-33(2-1-29(37)21-49)54-17-12-28(13-18-54)41(59)51-39-7-4-34(22-50-39)55-15-10-27(11-16-55)9-14-53-23-30-25-56(26-31(30)24-53)32-3-5-35-36(19-32)44(62)57(43(35)61)38-6-8-40(58)52-42(38)60/h1-5,7,19-20,22,27-28,30-31,38H,6,8-18,23-26H2,(H,50,51,59)(H,52,58,60). The number of pyridine rings is 1. The van der Waals surface area contributed by atoms with Crippen molar-refractivity contribution in [3.8, 4) is 6.07 Å². The first kappa shape index (κ1) is 41.3. The Morgan fingerprint density at radius 1 is 0.790 bits per heavy atom. The molecule has 3 unspecified atom stereocenters. The molecule has 2 aromatic carbocycles. The molecule has 0 aliphatic carbocycles. The smallest absolute Gasteiger partial charge is 0.371 e. The summed E-state index contributed by atoms with van der Waals surface area (Å²) in [6.07, 6.45) is 1.68. The molecule has 9 rings (SSSR count). The lowest BCUT2D eigenvalue weighted by molar-refractivity contribution is -0.138. The Labute approximate surface area is 357 Å². The zero-order valence-electron chi connectivity index (χ0n) is 34.2. The number of piperidine rings is 3. The number of anilines is 4. The van der Waals surface area contributed by atoms with Gasteiger partial charge in [0.05, 0.1) is 40.2 Å². The molecule has 1 aromatic heterocycles. The highest BCUT2D eigenvalue weighted by Gasteiger charge is 2.46. The Bertz CT molecular complexity index is 2300. The van der Waals surface area contributed by atoms with E-state index < -0.39 is 47.0 Å². The molecule has 0 spiro atoms. The van der Waals surface area contributed by atoms with E-state index in [0.29, 0.717) is 66.3 Å². The van der Waals surface area contributed by atoms with E-state index in [9.17, 15) is 37.1 Å². The molecule has 2 N–H and O–H groups in total. The molecule has 6 aliphatic rings. The quantitative estimate of drug-likeness (QED) is 0.282. The highest BCUT2D eigenvalue weighted by molar-refractivity contribution is 6.23. The third-order valence-electron chi connectivity index (χ3n) is 13.8. The van der Waals surface area contributed by atoms with Crippen molar-refractivity contribution in [3.05, 3.63) is 77.0 Å². The van der Waals surface area contributed by atoms with Gasteiger partial charge in [-0.15, -0.1) is 0 Å². The number of likely N-dealkylation sites (tertiary alicyclic amines) is 1. The lowest BCUT2D eigenvalue weighted by Gasteiger charge is -2.34. The van der Waals surface area contributed by atoms with E-state index in [1.165, 1.54) is 12.1 Å². The molecule has 5 saturated heterocycles. The number of alkyl halides is 3. The fourth-order valence-corrected chi connectivity index (χ4v) is 10.3. The third kappa shape index (κ3) is 8.19. The van der Waals surface area contributed by atoms with Gasteiger partial charge in [0.2, 0.25) is 17.7 Å². The number of hydrogen-bond acceptors (Lipinski definition) is 11. The number of carbonyl (C=O) groups is 5. The average molecular weight is 852 g/mol. The van der Waals surface area contributed by atoms with E-state index in [-0.39, 0.29) is 24.7 Å². The SMILES string of the molecule is N#Cc1ccc(N2CCC(C(=O)Nc3ccc(N4CCC(CCN5CC6CN(c7ccc8c(c7)C(=O)N(C7CCC(=O)NC7=O)C8=O)CC6C5)CC4)cn3)CC2)cc1C(F)(F)F. The second-order valence-electron chi connectivity index (χ2n) is 17.6. The lowest BCUT2D eigenvalue weighted by atomic mass is 9.93. The summed E-state index contributed by atoms with van der Waals surface area (Å²) in [4.78, 5) is 78.3. The molecule has 7 heterocycles. The molecular weight excluding hydrogens is 804 g/mol. The molecule has 17 heteroatoms. The van der Waals surface area contributed by atoms with Gasteiger partial charge in [-0.05, 0) is 111 Å². The number of fused-ring (bicyclic) bond motifs is 2. The number of hydrogen-bond donors (Lipinski definition) is 2. The van der Waals surface area contributed by atoms with Crippen molar-refractivity contribution in [2.45, 2.75) is 57.2 Å². The number of carbonyl (C=O) groups excluding carboxylic acids is 5. The summed E-state index contributed by atoms with van der Waals surface area (Å²) >= 11 is 0. The van der Waals surface area contributed by atoms with Gasteiger partial charge in [-0.2, -0.15) is 18.4 Å². The minimum absolute atomic E-state index is 0.0861. The van der Waals surface area contributed by atoms with E-state index in [4.69, 9.17) is 5.26 Å². The van der Waals surface area contributed by atoms with Crippen molar-refractivity contribution in [2.75, 3.05) is 78.9 Å². The van der Waals surface area contributed by atoms with Gasteiger partial charge in [0, 0.05) is 76.1 Å². The molecule has 6 aliphatic heterocycles. The number of halogens is 3. The molecular formula is C45H48F3N9O5.